The maximum atomic E-state index is 12.7. The van der Waals surface area contributed by atoms with E-state index >= 15 is 0 Å². The molecular formula is C14H16N3O2S+. The van der Waals surface area contributed by atoms with Gasteiger partial charge < -0.3 is 0 Å². The lowest BCUT2D eigenvalue weighted by Crippen LogP contribution is -2.52. The first-order valence-corrected chi connectivity index (χ1v) is 7.86. The third kappa shape index (κ3) is 1.61. The minimum Gasteiger partial charge on any atom is -0.269 e. The van der Waals surface area contributed by atoms with Gasteiger partial charge in [0, 0.05) is 0 Å². The Morgan fingerprint density at radius 2 is 1.75 bits per heavy atom. The lowest BCUT2D eigenvalue weighted by molar-refractivity contribution is -0.627. The molecule has 0 saturated heterocycles. The Kier molecular flexibility index (Phi) is 2.72. The van der Waals surface area contributed by atoms with Gasteiger partial charge in [-0.05, 0) is 38.1 Å². The van der Waals surface area contributed by atoms with Gasteiger partial charge in [-0.25, -0.2) is 13.3 Å². The number of anilines is 2. The molecule has 3 rings (SSSR count). The van der Waals surface area contributed by atoms with Crippen LogP contribution >= 0.6 is 0 Å². The van der Waals surface area contributed by atoms with Crippen molar-refractivity contribution in [3.8, 4) is 0 Å². The summed E-state index contributed by atoms with van der Waals surface area (Å²) in [6, 6.07) is 10.3. The normalized spacial score (nSPS) is 15.8. The number of hydrogen-bond donors (Lipinski definition) is 1. The van der Waals surface area contributed by atoms with Gasteiger partial charge in [-0.15, -0.1) is 4.68 Å². The summed E-state index contributed by atoms with van der Waals surface area (Å²) in [6.07, 6.45) is 1.65. The van der Waals surface area contributed by atoms with E-state index in [0.29, 0.717) is 16.4 Å². The van der Waals surface area contributed by atoms with Crippen molar-refractivity contribution in [1.82, 2.24) is 0 Å². The molecule has 0 aliphatic carbocycles. The van der Waals surface area contributed by atoms with Gasteiger partial charge in [0.15, 0.2) is 4.90 Å². The van der Waals surface area contributed by atoms with Crippen molar-refractivity contribution in [2.75, 3.05) is 10.7 Å². The number of rotatable bonds is 1. The van der Waals surface area contributed by atoms with Crippen LogP contribution in [0.15, 0.2) is 52.4 Å². The van der Waals surface area contributed by atoms with Gasteiger partial charge in [0.2, 0.25) is 9.84 Å². The second-order valence-electron chi connectivity index (χ2n) is 5.04. The van der Waals surface area contributed by atoms with Crippen molar-refractivity contribution in [1.29, 1.82) is 0 Å². The topological polar surface area (TPSA) is 67.3 Å². The third-order valence-corrected chi connectivity index (χ3v) is 5.23. The van der Waals surface area contributed by atoms with Crippen molar-refractivity contribution in [2.45, 2.75) is 29.7 Å². The standard InChI is InChI=1S/C14H16N3O2S/c1-10(2)17-11-6-3-4-7-12(11)20(18,19)13-8-5-9-16(15)14(13)17/h3-10H,15H2,1-2H3/q+1. The molecule has 2 heterocycles. The van der Waals surface area contributed by atoms with Crippen molar-refractivity contribution in [3.05, 3.63) is 42.6 Å². The first-order chi connectivity index (χ1) is 9.44. The molecule has 1 aromatic carbocycles. The van der Waals surface area contributed by atoms with Crippen LogP contribution in [0.4, 0.5) is 11.5 Å². The Bertz CT molecular complexity index is 785. The summed E-state index contributed by atoms with van der Waals surface area (Å²) in [5.41, 5.74) is 0.667. The van der Waals surface area contributed by atoms with E-state index in [4.69, 9.17) is 5.84 Å². The average molecular weight is 290 g/mol. The van der Waals surface area contributed by atoms with Crippen LogP contribution in [0.25, 0.3) is 0 Å². The third-order valence-electron chi connectivity index (χ3n) is 3.41. The van der Waals surface area contributed by atoms with Crippen molar-refractivity contribution >= 4 is 21.3 Å². The molecule has 5 nitrogen and oxygen atoms in total. The zero-order valence-corrected chi connectivity index (χ0v) is 12.1. The molecule has 20 heavy (non-hydrogen) atoms. The highest BCUT2D eigenvalue weighted by Crippen LogP contribution is 2.42. The van der Waals surface area contributed by atoms with Gasteiger partial charge in [-0.3, -0.25) is 5.84 Å². The van der Waals surface area contributed by atoms with Gasteiger partial charge in [0.25, 0.3) is 0 Å². The van der Waals surface area contributed by atoms with Crippen molar-refractivity contribution in [2.24, 2.45) is 0 Å². The summed E-state index contributed by atoms with van der Waals surface area (Å²) >= 11 is 0. The number of fused-ring (bicyclic) bond motifs is 2. The molecule has 0 saturated carbocycles. The van der Waals surface area contributed by atoms with Crippen LogP contribution < -0.4 is 15.4 Å². The highest BCUT2D eigenvalue weighted by molar-refractivity contribution is 7.92. The minimum absolute atomic E-state index is 0.0857. The van der Waals surface area contributed by atoms with Gasteiger partial charge in [0.1, 0.15) is 16.8 Å². The SMILES string of the molecule is CC(C)N1c2ccccc2S(=O)(=O)c2ccc[n+](N)c21. The maximum absolute atomic E-state index is 12.7. The van der Waals surface area contributed by atoms with Crippen molar-refractivity contribution in [3.63, 3.8) is 0 Å². The van der Waals surface area contributed by atoms with Gasteiger partial charge in [-0.2, -0.15) is 0 Å². The van der Waals surface area contributed by atoms with Crippen molar-refractivity contribution < 1.29 is 13.1 Å². The molecule has 104 valence electrons. The summed E-state index contributed by atoms with van der Waals surface area (Å²) in [6.45, 7) is 4.01. The summed E-state index contributed by atoms with van der Waals surface area (Å²) in [7, 11) is -3.53. The summed E-state index contributed by atoms with van der Waals surface area (Å²) in [5.74, 6) is 6.46. The lowest BCUT2D eigenvalue weighted by Gasteiger charge is -2.28. The monoisotopic (exact) mass is 290 g/mol. The van der Waals surface area contributed by atoms with E-state index < -0.39 is 9.84 Å². The van der Waals surface area contributed by atoms with E-state index in [-0.39, 0.29) is 10.9 Å². The molecule has 0 unspecified atom stereocenters. The summed E-state index contributed by atoms with van der Waals surface area (Å²) in [5, 5.41) is 0. The van der Waals surface area contributed by atoms with E-state index in [0.717, 1.165) is 0 Å². The fraction of sp³-hybridized carbons (Fsp3) is 0.214. The Labute approximate surface area is 118 Å². The van der Waals surface area contributed by atoms with E-state index in [2.05, 4.69) is 0 Å². The first-order valence-electron chi connectivity index (χ1n) is 6.37. The molecule has 6 heteroatoms. The Morgan fingerprint density at radius 3 is 2.45 bits per heavy atom. The minimum atomic E-state index is -3.53. The van der Waals surface area contributed by atoms with Gasteiger partial charge in [-0.1, -0.05) is 12.1 Å². The quantitative estimate of drug-likeness (QED) is 0.636. The molecule has 0 atom stereocenters. The number of pyridine rings is 1. The van der Waals surface area contributed by atoms with Crippen LogP contribution in [0.3, 0.4) is 0 Å². The smallest absolute Gasteiger partial charge is 0.269 e. The molecule has 0 amide bonds. The average Bonchev–Trinajstić information content (AvgIpc) is 2.40. The molecule has 1 aromatic heterocycles. The zero-order chi connectivity index (χ0) is 14.5. The number of nitrogen functional groups attached to an aromatic ring is 1. The second-order valence-corrected chi connectivity index (χ2v) is 6.92. The number of para-hydroxylation sites is 1. The van der Waals surface area contributed by atoms with E-state index in [9.17, 15) is 8.42 Å². The van der Waals surface area contributed by atoms with Crippen LogP contribution in [0.5, 0.6) is 0 Å². The number of benzene rings is 1. The van der Waals surface area contributed by atoms with Crippen LogP contribution in [-0.4, -0.2) is 14.5 Å². The molecule has 0 bridgehead atoms. The molecule has 2 aromatic rings. The number of nitrogens with zero attached hydrogens (tertiary/aromatic N) is 2. The van der Waals surface area contributed by atoms with E-state index in [1.54, 1.807) is 30.5 Å². The van der Waals surface area contributed by atoms with Crippen LogP contribution in [0.1, 0.15) is 13.8 Å². The molecule has 0 radical (unpaired) electrons. The van der Waals surface area contributed by atoms with Gasteiger partial charge >= 0.3 is 5.82 Å². The highest BCUT2D eigenvalue weighted by atomic mass is 32.2. The van der Waals surface area contributed by atoms with Crippen LogP contribution in [-0.2, 0) is 9.84 Å². The predicted molar refractivity (Wildman–Crippen MR) is 76.0 cm³/mol. The Morgan fingerprint density at radius 1 is 1.10 bits per heavy atom. The molecule has 1 aliphatic rings. The summed E-state index contributed by atoms with van der Waals surface area (Å²) < 4.78 is 26.8. The largest absolute Gasteiger partial charge is 0.324 e. The number of hydrogen-bond acceptors (Lipinski definition) is 4. The molecule has 1 aliphatic heterocycles. The van der Waals surface area contributed by atoms with E-state index in [1.165, 1.54) is 4.68 Å². The predicted octanol–water partition coefficient (Wildman–Crippen LogP) is 1.38. The summed E-state index contributed by atoms with van der Waals surface area (Å²) in [4.78, 5) is 2.52. The molecule has 0 spiro atoms. The fourth-order valence-electron chi connectivity index (χ4n) is 2.59. The van der Waals surface area contributed by atoms with Crippen LogP contribution in [0.2, 0.25) is 0 Å². The number of nitrogens with two attached hydrogens (primary N) is 1. The van der Waals surface area contributed by atoms with Crippen LogP contribution in [0, 0.1) is 0 Å². The first kappa shape index (κ1) is 12.9. The lowest BCUT2D eigenvalue weighted by atomic mass is 10.2. The molecule has 0 fully saturated rings. The van der Waals surface area contributed by atoms with Gasteiger partial charge in [0.05, 0.1) is 6.04 Å². The van der Waals surface area contributed by atoms with E-state index in [1.807, 2.05) is 30.9 Å². The number of sulfone groups is 1. The highest BCUT2D eigenvalue weighted by Gasteiger charge is 2.42. The fourth-order valence-corrected chi connectivity index (χ4v) is 4.23. The molecular weight excluding hydrogens is 274 g/mol. The second kappa shape index (κ2) is 4.21. The maximum Gasteiger partial charge on any atom is 0.324 e. The number of aromatic nitrogens is 1. The Hall–Kier alpha value is -2.08. The Balaban J connectivity index is 2.45. The molecule has 2 N–H and O–H groups in total. The zero-order valence-electron chi connectivity index (χ0n) is 11.3.